The minimum atomic E-state index is -0.0263. The van der Waals surface area contributed by atoms with Gasteiger partial charge < -0.3 is 10.4 Å². The second-order valence-corrected chi connectivity index (χ2v) is 5.89. The molecule has 0 amide bonds. The van der Waals surface area contributed by atoms with Crippen LogP contribution in [0.25, 0.3) is 16.2 Å². The third kappa shape index (κ3) is 2.63. The van der Waals surface area contributed by atoms with Gasteiger partial charge in [-0.25, -0.2) is 9.50 Å². The summed E-state index contributed by atoms with van der Waals surface area (Å²) in [7, 11) is 0. The lowest BCUT2D eigenvalue weighted by molar-refractivity contribution is 0.281. The number of benzene rings is 1. The van der Waals surface area contributed by atoms with Gasteiger partial charge in [0.05, 0.1) is 18.5 Å². The van der Waals surface area contributed by atoms with Gasteiger partial charge in [0.15, 0.2) is 0 Å². The molecule has 0 saturated carbocycles. The molecule has 0 spiro atoms. The molecular weight excluding hydrogens is 296 g/mol. The largest absolute Gasteiger partial charge is 0.394 e. The Morgan fingerprint density at radius 3 is 2.80 bits per heavy atom. The van der Waals surface area contributed by atoms with Crippen LogP contribution in [0.1, 0.15) is 6.92 Å². The smallest absolute Gasteiger partial charge is 0.214 e. The van der Waals surface area contributed by atoms with Crippen molar-refractivity contribution in [1.82, 2.24) is 14.6 Å². The first-order chi connectivity index (χ1) is 9.65. The maximum absolute atomic E-state index is 9.02. The molecule has 0 saturated heterocycles. The van der Waals surface area contributed by atoms with Crippen molar-refractivity contribution in [1.29, 1.82) is 0 Å². The maximum Gasteiger partial charge on any atom is 0.214 e. The number of nitrogens with one attached hydrogen (secondary N) is 1. The number of aliphatic hydroxyl groups is 1. The van der Waals surface area contributed by atoms with E-state index in [1.807, 2.05) is 37.4 Å². The van der Waals surface area contributed by atoms with Crippen LogP contribution in [-0.4, -0.2) is 32.4 Å². The van der Waals surface area contributed by atoms with Crippen molar-refractivity contribution in [3.05, 3.63) is 35.5 Å². The molecule has 0 aliphatic carbocycles. The van der Waals surface area contributed by atoms with Crippen LogP contribution in [0.5, 0.6) is 0 Å². The average Bonchev–Trinajstić information content (AvgIpc) is 2.97. The normalized spacial score (nSPS) is 12.8. The van der Waals surface area contributed by atoms with Gasteiger partial charge in [0.1, 0.15) is 0 Å². The Morgan fingerprint density at radius 1 is 1.40 bits per heavy atom. The summed E-state index contributed by atoms with van der Waals surface area (Å²) in [5.41, 5.74) is 1.87. The zero-order valence-electron chi connectivity index (χ0n) is 10.7. The minimum Gasteiger partial charge on any atom is -0.394 e. The highest BCUT2D eigenvalue weighted by atomic mass is 35.5. The summed E-state index contributed by atoms with van der Waals surface area (Å²) < 4.78 is 1.74. The summed E-state index contributed by atoms with van der Waals surface area (Å²) in [6.07, 6.45) is 1.88. The molecule has 0 bridgehead atoms. The summed E-state index contributed by atoms with van der Waals surface area (Å²) in [6, 6.07) is 7.52. The third-order valence-electron chi connectivity index (χ3n) is 2.83. The molecule has 2 aromatic heterocycles. The Hall–Kier alpha value is -1.63. The van der Waals surface area contributed by atoms with Crippen molar-refractivity contribution in [3.8, 4) is 11.3 Å². The summed E-state index contributed by atoms with van der Waals surface area (Å²) in [6.45, 7) is 1.96. The number of nitrogens with zero attached hydrogens (tertiary/aromatic N) is 3. The molecule has 0 radical (unpaired) electrons. The molecule has 0 aliphatic heterocycles. The molecule has 5 nitrogen and oxygen atoms in total. The molecule has 3 rings (SSSR count). The number of rotatable bonds is 4. The second-order valence-electron chi connectivity index (χ2n) is 4.50. The number of hydrogen-bond donors (Lipinski definition) is 2. The van der Waals surface area contributed by atoms with Crippen LogP contribution >= 0.6 is 22.9 Å². The van der Waals surface area contributed by atoms with Gasteiger partial charge in [-0.05, 0) is 19.1 Å². The van der Waals surface area contributed by atoms with E-state index in [1.54, 1.807) is 4.52 Å². The van der Waals surface area contributed by atoms with Crippen LogP contribution in [0, 0.1) is 0 Å². The van der Waals surface area contributed by atoms with Crippen molar-refractivity contribution < 1.29 is 5.11 Å². The Balaban J connectivity index is 1.88. The number of anilines is 1. The van der Waals surface area contributed by atoms with Crippen molar-refractivity contribution in [2.75, 3.05) is 11.9 Å². The summed E-state index contributed by atoms with van der Waals surface area (Å²) >= 11 is 7.33. The van der Waals surface area contributed by atoms with Gasteiger partial charge in [-0.1, -0.05) is 35.1 Å². The SMILES string of the molecule is C[C@@H](CO)Nc1nn2cc(-c3ccc(Cl)cc3)nc2s1. The summed E-state index contributed by atoms with van der Waals surface area (Å²) in [4.78, 5) is 5.35. The molecule has 0 fully saturated rings. The monoisotopic (exact) mass is 308 g/mol. The zero-order valence-corrected chi connectivity index (χ0v) is 12.3. The fraction of sp³-hybridized carbons (Fsp3) is 0.231. The van der Waals surface area contributed by atoms with Gasteiger partial charge in [-0.3, -0.25) is 0 Å². The number of aromatic nitrogens is 3. The van der Waals surface area contributed by atoms with E-state index in [0.717, 1.165) is 21.3 Å². The minimum absolute atomic E-state index is 0.0263. The molecular formula is C13H13ClN4OS. The molecule has 3 aromatic rings. The number of imidazole rings is 1. The van der Waals surface area contributed by atoms with Gasteiger partial charge in [-0.15, -0.1) is 5.10 Å². The van der Waals surface area contributed by atoms with Crippen LogP contribution in [0.3, 0.4) is 0 Å². The van der Waals surface area contributed by atoms with E-state index in [0.29, 0.717) is 5.02 Å². The van der Waals surface area contributed by atoms with Crippen LogP contribution < -0.4 is 5.32 Å². The van der Waals surface area contributed by atoms with Crippen molar-refractivity contribution in [2.24, 2.45) is 0 Å². The summed E-state index contributed by atoms with van der Waals surface area (Å²) in [5, 5.41) is 18.0. The Bertz CT molecular complexity index is 690. The molecule has 1 aromatic carbocycles. The van der Waals surface area contributed by atoms with E-state index in [2.05, 4.69) is 15.4 Å². The Kier molecular flexibility index (Phi) is 3.60. The third-order valence-corrected chi connectivity index (χ3v) is 3.93. The first-order valence-corrected chi connectivity index (χ1v) is 7.34. The lowest BCUT2D eigenvalue weighted by Crippen LogP contribution is -2.19. The number of aliphatic hydroxyl groups excluding tert-OH is 1. The fourth-order valence-corrected chi connectivity index (χ4v) is 2.79. The van der Waals surface area contributed by atoms with E-state index >= 15 is 0 Å². The summed E-state index contributed by atoms with van der Waals surface area (Å²) in [5.74, 6) is 0. The van der Waals surface area contributed by atoms with Gasteiger partial charge >= 0.3 is 0 Å². The Labute approximate surface area is 124 Å². The first kappa shape index (κ1) is 13.4. The lowest BCUT2D eigenvalue weighted by Gasteiger charge is -2.07. The lowest BCUT2D eigenvalue weighted by atomic mass is 10.2. The van der Waals surface area contributed by atoms with Crippen molar-refractivity contribution >= 4 is 33.0 Å². The number of hydrogen-bond acceptors (Lipinski definition) is 5. The van der Waals surface area contributed by atoms with Crippen molar-refractivity contribution in [2.45, 2.75) is 13.0 Å². The fourth-order valence-electron chi connectivity index (χ4n) is 1.77. The highest BCUT2D eigenvalue weighted by Gasteiger charge is 2.10. The number of fused-ring (bicyclic) bond motifs is 1. The maximum atomic E-state index is 9.02. The van der Waals surface area contributed by atoms with Crippen LogP contribution in [0.15, 0.2) is 30.5 Å². The van der Waals surface area contributed by atoms with Crippen LogP contribution in [0.2, 0.25) is 5.02 Å². The quantitative estimate of drug-likeness (QED) is 0.778. The van der Waals surface area contributed by atoms with Gasteiger partial charge in [0.2, 0.25) is 10.1 Å². The standard InChI is InChI=1S/C13H13ClN4OS/c1-8(7-19)15-12-17-18-6-11(16-13(18)20-12)9-2-4-10(14)5-3-9/h2-6,8,19H,7H2,1H3,(H,15,17)/t8-/m0/s1. The molecule has 2 heterocycles. The highest BCUT2D eigenvalue weighted by Crippen LogP contribution is 2.25. The molecule has 2 N–H and O–H groups in total. The highest BCUT2D eigenvalue weighted by molar-refractivity contribution is 7.20. The molecule has 7 heteroatoms. The number of halogens is 1. The molecule has 0 unspecified atom stereocenters. The molecule has 0 aliphatic rings. The Morgan fingerprint density at radius 2 is 2.15 bits per heavy atom. The van der Waals surface area contributed by atoms with Crippen molar-refractivity contribution in [3.63, 3.8) is 0 Å². The first-order valence-electron chi connectivity index (χ1n) is 6.15. The van der Waals surface area contributed by atoms with E-state index in [1.165, 1.54) is 11.3 Å². The predicted octanol–water partition coefficient (Wildman–Crippen LogP) is 2.90. The van der Waals surface area contributed by atoms with Gasteiger partial charge in [-0.2, -0.15) is 0 Å². The topological polar surface area (TPSA) is 62.5 Å². The van der Waals surface area contributed by atoms with Gasteiger partial charge in [0.25, 0.3) is 0 Å². The molecule has 104 valence electrons. The van der Waals surface area contributed by atoms with Gasteiger partial charge in [0, 0.05) is 16.6 Å². The van der Waals surface area contributed by atoms with E-state index < -0.39 is 0 Å². The predicted molar refractivity (Wildman–Crippen MR) is 81.5 cm³/mol. The zero-order chi connectivity index (χ0) is 14.1. The van der Waals surface area contributed by atoms with E-state index in [-0.39, 0.29) is 12.6 Å². The van der Waals surface area contributed by atoms with Crippen LogP contribution in [0.4, 0.5) is 5.13 Å². The van der Waals surface area contributed by atoms with E-state index in [9.17, 15) is 0 Å². The average molecular weight is 309 g/mol. The molecule has 20 heavy (non-hydrogen) atoms. The molecule has 1 atom stereocenters. The van der Waals surface area contributed by atoms with E-state index in [4.69, 9.17) is 16.7 Å². The van der Waals surface area contributed by atoms with Crippen LogP contribution in [-0.2, 0) is 0 Å². The second kappa shape index (κ2) is 5.40.